The molecule has 18 heavy (non-hydrogen) atoms. The summed E-state index contributed by atoms with van der Waals surface area (Å²) in [5, 5.41) is 7.47. The maximum Gasteiger partial charge on any atom is 0.213 e. The number of carbonyl (C=O) groups excluding carboxylic acids is 1. The van der Waals surface area contributed by atoms with E-state index >= 15 is 0 Å². The Labute approximate surface area is 108 Å². The standard InChI is InChI=1S/C12H12F2N2OS/c1-6(2)10(15)12(17)7-4-5-8(13)11(9(7)14)16-18-3/h4-5,15-16H,1H2,2-3H3. The maximum absolute atomic E-state index is 13.9. The van der Waals surface area contributed by atoms with E-state index in [1.807, 2.05) is 0 Å². The van der Waals surface area contributed by atoms with Crippen LogP contribution in [0.15, 0.2) is 24.3 Å². The average molecular weight is 270 g/mol. The van der Waals surface area contributed by atoms with Gasteiger partial charge in [0.1, 0.15) is 17.2 Å². The minimum Gasteiger partial charge on any atom is -0.325 e. The summed E-state index contributed by atoms with van der Waals surface area (Å²) in [5.41, 5.74) is -0.900. The predicted octanol–water partition coefficient (Wildman–Crippen LogP) is 3.43. The van der Waals surface area contributed by atoms with Gasteiger partial charge in [0.2, 0.25) is 5.78 Å². The number of allylic oxidation sites excluding steroid dienone is 1. The van der Waals surface area contributed by atoms with Crippen LogP contribution >= 0.6 is 11.9 Å². The van der Waals surface area contributed by atoms with E-state index in [0.717, 1.165) is 24.1 Å². The minimum absolute atomic E-state index is 0.225. The van der Waals surface area contributed by atoms with Crippen molar-refractivity contribution in [2.75, 3.05) is 11.0 Å². The normalized spacial score (nSPS) is 10.0. The van der Waals surface area contributed by atoms with E-state index in [1.165, 1.54) is 6.92 Å². The summed E-state index contributed by atoms with van der Waals surface area (Å²) in [4.78, 5) is 11.8. The lowest BCUT2D eigenvalue weighted by molar-refractivity contribution is 0.106. The van der Waals surface area contributed by atoms with Crippen LogP contribution in [0.2, 0.25) is 0 Å². The van der Waals surface area contributed by atoms with Crippen molar-refractivity contribution in [1.29, 1.82) is 5.41 Å². The molecule has 0 fully saturated rings. The molecule has 0 aliphatic rings. The summed E-state index contributed by atoms with van der Waals surface area (Å²) >= 11 is 1.01. The first-order chi connectivity index (χ1) is 8.40. The Bertz CT molecular complexity index is 529. The van der Waals surface area contributed by atoms with Crippen LogP contribution in [0.25, 0.3) is 0 Å². The monoisotopic (exact) mass is 270 g/mol. The van der Waals surface area contributed by atoms with Crippen LogP contribution in [0.5, 0.6) is 0 Å². The first-order valence-electron chi connectivity index (χ1n) is 4.96. The summed E-state index contributed by atoms with van der Waals surface area (Å²) in [5.74, 6) is -2.61. The molecule has 96 valence electrons. The third-order valence-electron chi connectivity index (χ3n) is 2.19. The SMILES string of the molecule is C=C(C)C(=N)C(=O)c1ccc(F)c(NSC)c1F. The van der Waals surface area contributed by atoms with Gasteiger partial charge < -0.3 is 4.72 Å². The number of hydrogen-bond acceptors (Lipinski definition) is 4. The number of nitrogens with one attached hydrogen (secondary N) is 2. The second kappa shape index (κ2) is 5.77. The molecule has 3 nitrogen and oxygen atoms in total. The molecule has 1 aromatic rings. The fourth-order valence-corrected chi connectivity index (χ4v) is 1.64. The highest BCUT2D eigenvalue weighted by molar-refractivity contribution is 7.99. The van der Waals surface area contributed by atoms with Crippen molar-refractivity contribution in [2.45, 2.75) is 6.92 Å². The molecule has 0 unspecified atom stereocenters. The van der Waals surface area contributed by atoms with Crippen LogP contribution in [0, 0.1) is 17.0 Å². The average Bonchev–Trinajstić information content (AvgIpc) is 2.32. The van der Waals surface area contributed by atoms with Gasteiger partial charge in [-0.25, -0.2) is 8.78 Å². The van der Waals surface area contributed by atoms with Gasteiger partial charge in [-0.3, -0.25) is 10.2 Å². The number of halogens is 2. The van der Waals surface area contributed by atoms with E-state index in [4.69, 9.17) is 5.41 Å². The second-order valence-corrected chi connectivity index (χ2v) is 4.19. The highest BCUT2D eigenvalue weighted by atomic mass is 32.2. The Kier molecular flexibility index (Phi) is 4.61. The maximum atomic E-state index is 13.9. The van der Waals surface area contributed by atoms with Gasteiger partial charge in [-0.15, -0.1) is 0 Å². The Morgan fingerprint density at radius 1 is 1.44 bits per heavy atom. The lowest BCUT2D eigenvalue weighted by atomic mass is 10.0. The molecule has 0 amide bonds. The molecule has 6 heteroatoms. The van der Waals surface area contributed by atoms with E-state index < -0.39 is 23.1 Å². The van der Waals surface area contributed by atoms with Crippen LogP contribution in [0.3, 0.4) is 0 Å². The number of ketones is 1. The van der Waals surface area contributed by atoms with Crippen LogP contribution in [-0.4, -0.2) is 17.8 Å². The topological polar surface area (TPSA) is 53.0 Å². The van der Waals surface area contributed by atoms with Gasteiger partial charge in [0.05, 0.1) is 5.56 Å². The number of Topliss-reactive ketones (excluding diaryl/α,β-unsaturated/α-hetero) is 1. The van der Waals surface area contributed by atoms with Gasteiger partial charge in [-0.05, 0) is 24.6 Å². The highest BCUT2D eigenvalue weighted by Gasteiger charge is 2.21. The van der Waals surface area contributed by atoms with Gasteiger partial charge in [0, 0.05) is 6.26 Å². The molecule has 0 aromatic heterocycles. The molecule has 0 atom stereocenters. The minimum atomic E-state index is -1.000. The summed E-state index contributed by atoms with van der Waals surface area (Å²) in [6.07, 6.45) is 1.60. The molecule has 1 rings (SSSR count). The van der Waals surface area contributed by atoms with Gasteiger partial charge in [-0.1, -0.05) is 18.5 Å². The van der Waals surface area contributed by atoms with E-state index in [1.54, 1.807) is 6.26 Å². The van der Waals surface area contributed by atoms with Gasteiger partial charge in [0.15, 0.2) is 5.82 Å². The number of benzene rings is 1. The molecular weight excluding hydrogens is 258 g/mol. The van der Waals surface area contributed by atoms with Crippen LogP contribution in [-0.2, 0) is 0 Å². The smallest absolute Gasteiger partial charge is 0.213 e. The quantitative estimate of drug-likeness (QED) is 0.489. The second-order valence-electron chi connectivity index (χ2n) is 3.57. The molecule has 0 aliphatic heterocycles. The van der Waals surface area contributed by atoms with E-state index in [-0.39, 0.29) is 16.8 Å². The van der Waals surface area contributed by atoms with Crippen molar-refractivity contribution in [2.24, 2.45) is 0 Å². The third-order valence-corrected chi connectivity index (χ3v) is 2.60. The van der Waals surface area contributed by atoms with Crippen molar-refractivity contribution in [3.05, 3.63) is 41.5 Å². The fraction of sp³-hybridized carbons (Fsp3) is 0.167. The summed E-state index contributed by atoms with van der Waals surface area (Å²) in [6.45, 7) is 4.92. The molecule has 0 bridgehead atoms. The number of rotatable bonds is 5. The first kappa shape index (κ1) is 14.4. The zero-order valence-corrected chi connectivity index (χ0v) is 10.8. The lowest BCUT2D eigenvalue weighted by Gasteiger charge is -2.09. The molecule has 0 spiro atoms. The van der Waals surface area contributed by atoms with Crippen LogP contribution < -0.4 is 4.72 Å². The molecular formula is C12H12F2N2OS. The van der Waals surface area contributed by atoms with Crippen LogP contribution in [0.1, 0.15) is 17.3 Å². The molecule has 2 N–H and O–H groups in total. The van der Waals surface area contributed by atoms with Crippen molar-refractivity contribution >= 4 is 29.1 Å². The Morgan fingerprint density at radius 2 is 2.06 bits per heavy atom. The zero-order chi connectivity index (χ0) is 13.9. The highest BCUT2D eigenvalue weighted by Crippen LogP contribution is 2.25. The molecule has 0 saturated carbocycles. The zero-order valence-electron chi connectivity index (χ0n) is 9.93. The van der Waals surface area contributed by atoms with Crippen molar-refractivity contribution in [3.63, 3.8) is 0 Å². The molecule has 0 saturated heterocycles. The Morgan fingerprint density at radius 3 is 2.56 bits per heavy atom. The molecule has 1 aromatic carbocycles. The molecule has 0 radical (unpaired) electrons. The Balaban J connectivity index is 3.27. The van der Waals surface area contributed by atoms with Gasteiger partial charge in [0.25, 0.3) is 0 Å². The number of carbonyl (C=O) groups is 1. The van der Waals surface area contributed by atoms with Gasteiger partial charge in [-0.2, -0.15) is 0 Å². The largest absolute Gasteiger partial charge is 0.325 e. The number of hydrogen-bond donors (Lipinski definition) is 2. The van der Waals surface area contributed by atoms with Gasteiger partial charge >= 0.3 is 0 Å². The summed E-state index contributed by atoms with van der Waals surface area (Å²) in [6, 6.07) is 2.01. The van der Waals surface area contributed by atoms with Crippen molar-refractivity contribution < 1.29 is 13.6 Å². The number of anilines is 1. The lowest BCUT2D eigenvalue weighted by Crippen LogP contribution is -2.16. The third kappa shape index (κ3) is 2.76. The summed E-state index contributed by atoms with van der Waals surface area (Å²) in [7, 11) is 0. The predicted molar refractivity (Wildman–Crippen MR) is 70.4 cm³/mol. The first-order valence-corrected chi connectivity index (χ1v) is 6.18. The van der Waals surface area contributed by atoms with Crippen molar-refractivity contribution in [1.82, 2.24) is 0 Å². The van der Waals surface area contributed by atoms with E-state index in [2.05, 4.69) is 11.3 Å². The molecule has 0 heterocycles. The van der Waals surface area contributed by atoms with Crippen LogP contribution in [0.4, 0.5) is 14.5 Å². The summed E-state index contributed by atoms with van der Waals surface area (Å²) < 4.78 is 29.7. The van der Waals surface area contributed by atoms with E-state index in [0.29, 0.717) is 0 Å². The fourth-order valence-electron chi connectivity index (χ4n) is 1.25. The van der Waals surface area contributed by atoms with Crippen molar-refractivity contribution in [3.8, 4) is 0 Å². The van der Waals surface area contributed by atoms with E-state index in [9.17, 15) is 13.6 Å². The Hall–Kier alpha value is -1.69. The molecule has 0 aliphatic carbocycles.